The molecular formula is C26H29ClF2N6O. The molecule has 10 heteroatoms. The van der Waals surface area contributed by atoms with Crippen LogP contribution in [0.5, 0.6) is 0 Å². The van der Waals surface area contributed by atoms with Gasteiger partial charge >= 0.3 is 0 Å². The number of H-pyrrole nitrogens is 1. The number of fused-ring (bicyclic) bond motifs is 1. The molecule has 0 bridgehead atoms. The molecule has 1 aliphatic rings. The normalized spacial score (nSPS) is 19.9. The first-order valence-electron chi connectivity index (χ1n) is 11.8. The summed E-state index contributed by atoms with van der Waals surface area (Å²) in [5.41, 5.74) is 3.65. The lowest BCUT2D eigenvalue weighted by molar-refractivity contribution is 0.253. The van der Waals surface area contributed by atoms with Gasteiger partial charge in [-0.05, 0) is 69.9 Å². The van der Waals surface area contributed by atoms with Gasteiger partial charge in [-0.3, -0.25) is 9.78 Å². The van der Waals surface area contributed by atoms with Crippen molar-refractivity contribution in [3.05, 3.63) is 75.1 Å². The lowest BCUT2D eigenvalue weighted by Crippen LogP contribution is -2.43. The van der Waals surface area contributed by atoms with E-state index in [1.165, 1.54) is 12.1 Å². The second kappa shape index (κ2) is 10.1. The number of pyridine rings is 1. The topological polar surface area (TPSA) is 88.5 Å². The average molecular weight is 515 g/mol. The van der Waals surface area contributed by atoms with E-state index in [-0.39, 0.29) is 24.0 Å². The van der Waals surface area contributed by atoms with Crippen LogP contribution in [0.1, 0.15) is 55.4 Å². The van der Waals surface area contributed by atoms with E-state index >= 15 is 0 Å². The van der Waals surface area contributed by atoms with Crippen LogP contribution in [0.15, 0.2) is 35.3 Å². The van der Waals surface area contributed by atoms with Gasteiger partial charge in [-0.15, -0.1) is 12.4 Å². The summed E-state index contributed by atoms with van der Waals surface area (Å²) in [4.78, 5) is 25.1. The maximum atomic E-state index is 13.6. The number of aromatic nitrogens is 5. The summed E-state index contributed by atoms with van der Waals surface area (Å²) >= 11 is 0. The summed E-state index contributed by atoms with van der Waals surface area (Å²) in [6.45, 7) is 8.06. The second-order valence-corrected chi connectivity index (χ2v) is 9.67. The minimum Gasteiger partial charge on any atom is -0.312 e. The molecule has 7 nitrogen and oxygen atoms in total. The predicted octanol–water partition coefficient (Wildman–Crippen LogP) is 4.79. The minimum atomic E-state index is -0.650. The zero-order valence-electron chi connectivity index (χ0n) is 20.6. The van der Waals surface area contributed by atoms with E-state index in [0.717, 1.165) is 30.0 Å². The van der Waals surface area contributed by atoms with Gasteiger partial charge in [0.2, 0.25) is 0 Å². The smallest absolute Gasteiger partial charge is 0.262 e. The Morgan fingerprint density at radius 1 is 1.06 bits per heavy atom. The molecule has 0 aliphatic carbocycles. The molecule has 1 aromatic carbocycles. The molecule has 0 unspecified atom stereocenters. The number of piperidine rings is 1. The SMILES string of the molecule is Cc1cc(-c2cc(F)cc(F)c2)ncc1Cc1nc2c(c(C)nn2C2C[C@@H](C)N[C@H](C)C2)c(=O)[nH]1.Cl. The number of rotatable bonds is 4. The van der Waals surface area contributed by atoms with E-state index in [0.29, 0.717) is 52.3 Å². The fourth-order valence-electron chi connectivity index (χ4n) is 5.14. The van der Waals surface area contributed by atoms with Crippen molar-refractivity contribution in [3.8, 4) is 11.3 Å². The third-order valence-corrected chi connectivity index (χ3v) is 6.69. The van der Waals surface area contributed by atoms with E-state index in [1.807, 2.05) is 18.5 Å². The summed E-state index contributed by atoms with van der Waals surface area (Å²) in [5.74, 6) is -0.778. The molecule has 4 aromatic rings. The average Bonchev–Trinajstić information content (AvgIpc) is 3.10. The Morgan fingerprint density at radius 2 is 1.72 bits per heavy atom. The molecule has 0 amide bonds. The first-order chi connectivity index (χ1) is 16.7. The monoisotopic (exact) mass is 514 g/mol. The van der Waals surface area contributed by atoms with Crippen molar-refractivity contribution in [2.75, 3.05) is 0 Å². The third-order valence-electron chi connectivity index (χ3n) is 6.69. The number of benzene rings is 1. The Balaban J connectivity index is 0.00000304. The molecule has 2 atom stereocenters. The number of aryl methyl sites for hydroxylation is 2. The van der Waals surface area contributed by atoms with Crippen molar-refractivity contribution >= 4 is 23.4 Å². The predicted molar refractivity (Wildman–Crippen MR) is 138 cm³/mol. The lowest BCUT2D eigenvalue weighted by atomic mass is 9.95. The first-order valence-corrected chi connectivity index (χ1v) is 11.8. The number of nitrogens with zero attached hydrogens (tertiary/aromatic N) is 4. The van der Waals surface area contributed by atoms with Gasteiger partial charge in [0.05, 0.1) is 17.4 Å². The number of halogens is 3. The highest BCUT2D eigenvalue weighted by molar-refractivity contribution is 5.85. The molecule has 4 heterocycles. The van der Waals surface area contributed by atoms with Crippen LogP contribution in [0.3, 0.4) is 0 Å². The van der Waals surface area contributed by atoms with E-state index in [2.05, 4.69) is 29.1 Å². The van der Waals surface area contributed by atoms with E-state index in [9.17, 15) is 13.6 Å². The van der Waals surface area contributed by atoms with Gasteiger partial charge in [-0.1, -0.05) is 0 Å². The Labute approximate surface area is 213 Å². The van der Waals surface area contributed by atoms with Crippen LogP contribution in [0.25, 0.3) is 22.3 Å². The van der Waals surface area contributed by atoms with Gasteiger partial charge in [0, 0.05) is 36.3 Å². The van der Waals surface area contributed by atoms with Crippen LogP contribution in [0.2, 0.25) is 0 Å². The molecule has 1 fully saturated rings. The number of hydrogen-bond acceptors (Lipinski definition) is 5. The number of hydrogen-bond donors (Lipinski definition) is 2. The van der Waals surface area contributed by atoms with Gasteiger partial charge < -0.3 is 10.3 Å². The summed E-state index contributed by atoms with van der Waals surface area (Å²) in [7, 11) is 0. The Morgan fingerprint density at radius 3 is 2.36 bits per heavy atom. The van der Waals surface area contributed by atoms with E-state index in [4.69, 9.17) is 10.1 Å². The zero-order valence-corrected chi connectivity index (χ0v) is 21.4. The van der Waals surface area contributed by atoms with Crippen molar-refractivity contribution < 1.29 is 8.78 Å². The second-order valence-electron chi connectivity index (χ2n) is 9.67. The fourth-order valence-corrected chi connectivity index (χ4v) is 5.14. The Hall–Kier alpha value is -3.17. The third kappa shape index (κ3) is 5.03. The van der Waals surface area contributed by atoms with Crippen LogP contribution in [-0.2, 0) is 6.42 Å². The van der Waals surface area contributed by atoms with Gasteiger partial charge in [0.1, 0.15) is 22.8 Å². The molecule has 190 valence electrons. The summed E-state index contributed by atoms with van der Waals surface area (Å²) < 4.78 is 29.2. The molecule has 36 heavy (non-hydrogen) atoms. The van der Waals surface area contributed by atoms with Crippen molar-refractivity contribution in [1.29, 1.82) is 0 Å². The van der Waals surface area contributed by atoms with E-state index < -0.39 is 11.6 Å². The van der Waals surface area contributed by atoms with Crippen LogP contribution < -0.4 is 10.9 Å². The van der Waals surface area contributed by atoms with Gasteiger partial charge in [0.25, 0.3) is 5.56 Å². The number of aromatic amines is 1. The standard InChI is InChI=1S/C26H28F2N6O.ClH/c1-13-5-22(17-8-19(27)11-20(28)9-17)29-12-18(13)10-23-31-25-24(26(35)32-23)16(4)33-34(25)21-6-14(2)30-15(3)7-21;/h5,8-9,11-12,14-15,21,30H,6-7,10H2,1-4H3,(H,31,32,35);1H/t14-,15-;/m1./s1. The molecule has 3 aromatic heterocycles. The molecule has 0 saturated carbocycles. The minimum absolute atomic E-state index is 0. The maximum Gasteiger partial charge on any atom is 0.262 e. The fraction of sp³-hybridized carbons (Fsp3) is 0.385. The first kappa shape index (κ1) is 25.9. The van der Waals surface area contributed by atoms with Crippen LogP contribution >= 0.6 is 12.4 Å². The van der Waals surface area contributed by atoms with Crippen molar-refractivity contribution in [2.45, 2.75) is 65.1 Å². The highest BCUT2D eigenvalue weighted by Gasteiger charge is 2.28. The quantitative estimate of drug-likeness (QED) is 0.409. The molecule has 1 saturated heterocycles. The Bertz CT molecular complexity index is 1450. The van der Waals surface area contributed by atoms with Gasteiger partial charge in [-0.2, -0.15) is 5.10 Å². The van der Waals surface area contributed by atoms with Gasteiger partial charge in [0.15, 0.2) is 5.65 Å². The maximum absolute atomic E-state index is 13.6. The van der Waals surface area contributed by atoms with Crippen LogP contribution in [-0.4, -0.2) is 36.8 Å². The highest BCUT2D eigenvalue weighted by Crippen LogP contribution is 2.28. The highest BCUT2D eigenvalue weighted by atomic mass is 35.5. The molecule has 0 radical (unpaired) electrons. The van der Waals surface area contributed by atoms with Crippen LogP contribution in [0, 0.1) is 25.5 Å². The van der Waals surface area contributed by atoms with E-state index in [1.54, 1.807) is 12.3 Å². The Kier molecular flexibility index (Phi) is 7.24. The number of nitrogens with one attached hydrogen (secondary N) is 2. The molecule has 2 N–H and O–H groups in total. The summed E-state index contributed by atoms with van der Waals surface area (Å²) in [6, 6.07) is 5.99. The summed E-state index contributed by atoms with van der Waals surface area (Å²) in [6.07, 6.45) is 3.85. The van der Waals surface area contributed by atoms with Gasteiger partial charge in [-0.25, -0.2) is 18.4 Å². The van der Waals surface area contributed by atoms with Crippen molar-refractivity contribution in [2.24, 2.45) is 0 Å². The zero-order chi connectivity index (χ0) is 24.9. The molecular weight excluding hydrogens is 486 g/mol. The lowest BCUT2D eigenvalue weighted by Gasteiger charge is -2.33. The van der Waals surface area contributed by atoms with Crippen molar-refractivity contribution in [1.82, 2.24) is 30.0 Å². The summed E-state index contributed by atoms with van der Waals surface area (Å²) in [5, 5.41) is 8.76. The van der Waals surface area contributed by atoms with Crippen molar-refractivity contribution in [3.63, 3.8) is 0 Å². The molecule has 5 rings (SSSR count). The largest absolute Gasteiger partial charge is 0.312 e. The molecule has 0 spiro atoms. The van der Waals surface area contributed by atoms with Crippen LogP contribution in [0.4, 0.5) is 8.78 Å². The molecule has 1 aliphatic heterocycles.